The Balaban J connectivity index is 1.54. The zero-order valence-electron chi connectivity index (χ0n) is 18.2. The summed E-state index contributed by atoms with van der Waals surface area (Å²) in [5.41, 5.74) is 3.32. The molecule has 0 fully saturated rings. The van der Waals surface area contributed by atoms with Crippen molar-refractivity contribution >= 4 is 23.4 Å². The normalized spacial score (nSPS) is 13.6. The molecule has 6 heteroatoms. The first-order chi connectivity index (χ1) is 14.2. The third-order valence-corrected chi connectivity index (χ3v) is 5.90. The summed E-state index contributed by atoms with van der Waals surface area (Å²) < 4.78 is 5.76. The van der Waals surface area contributed by atoms with E-state index in [-0.39, 0.29) is 22.5 Å². The summed E-state index contributed by atoms with van der Waals surface area (Å²) in [7, 11) is 0. The second-order valence-corrected chi connectivity index (χ2v) is 9.85. The van der Waals surface area contributed by atoms with Crippen LogP contribution < -0.4 is 5.32 Å². The molecule has 2 unspecified atom stereocenters. The summed E-state index contributed by atoms with van der Waals surface area (Å²) in [6, 6.07) is 18.2. The lowest BCUT2D eigenvalue weighted by Crippen LogP contribution is -2.22. The molecule has 0 saturated carbocycles. The minimum Gasteiger partial charge on any atom is -0.416 e. The maximum Gasteiger partial charge on any atom is 0.277 e. The van der Waals surface area contributed by atoms with E-state index in [1.54, 1.807) is 0 Å². The van der Waals surface area contributed by atoms with Crippen molar-refractivity contribution in [3.63, 3.8) is 0 Å². The van der Waals surface area contributed by atoms with Crippen molar-refractivity contribution in [3.05, 3.63) is 71.6 Å². The van der Waals surface area contributed by atoms with Crippen LogP contribution in [0.2, 0.25) is 0 Å². The van der Waals surface area contributed by atoms with Gasteiger partial charge in [0.25, 0.3) is 5.22 Å². The zero-order valence-corrected chi connectivity index (χ0v) is 19.0. The number of hydrogen-bond acceptors (Lipinski definition) is 5. The third-order valence-electron chi connectivity index (χ3n) is 4.96. The lowest BCUT2D eigenvalue weighted by atomic mass is 9.87. The molecule has 30 heavy (non-hydrogen) atoms. The van der Waals surface area contributed by atoms with Crippen molar-refractivity contribution in [2.24, 2.45) is 0 Å². The van der Waals surface area contributed by atoms with Crippen LogP contribution in [-0.4, -0.2) is 21.4 Å². The first-order valence-electron chi connectivity index (χ1n) is 10.2. The molecule has 1 aromatic heterocycles. The van der Waals surface area contributed by atoms with Gasteiger partial charge in [0.15, 0.2) is 0 Å². The van der Waals surface area contributed by atoms with E-state index < -0.39 is 0 Å². The van der Waals surface area contributed by atoms with Crippen LogP contribution in [0.1, 0.15) is 57.6 Å². The van der Waals surface area contributed by atoms with Gasteiger partial charge in [0, 0.05) is 12.1 Å². The standard InChI is InChI=1S/C24H29N3O2S/c1-16(18-9-7-6-8-10-18)15-21-26-27-23(29-21)30-17(2)22(28)25-20-13-11-19(12-14-20)24(3,4)5/h6-14,16-17H,15H2,1-5H3,(H,25,28). The summed E-state index contributed by atoms with van der Waals surface area (Å²) in [6.45, 7) is 10.5. The topological polar surface area (TPSA) is 68.0 Å². The minimum absolute atomic E-state index is 0.0827. The number of aromatic nitrogens is 2. The van der Waals surface area contributed by atoms with E-state index in [4.69, 9.17) is 4.42 Å². The number of anilines is 1. The summed E-state index contributed by atoms with van der Waals surface area (Å²) in [6.07, 6.45) is 0.665. The van der Waals surface area contributed by atoms with Gasteiger partial charge < -0.3 is 9.73 Å². The monoisotopic (exact) mass is 423 g/mol. The van der Waals surface area contributed by atoms with Crippen molar-refractivity contribution in [1.82, 2.24) is 10.2 Å². The molecule has 0 radical (unpaired) electrons. The highest BCUT2D eigenvalue weighted by atomic mass is 32.2. The Hall–Kier alpha value is -2.60. The molecule has 3 aromatic rings. The predicted octanol–water partition coefficient (Wildman–Crippen LogP) is 5.83. The molecule has 5 nitrogen and oxygen atoms in total. The van der Waals surface area contributed by atoms with E-state index >= 15 is 0 Å². The van der Waals surface area contributed by atoms with E-state index in [1.165, 1.54) is 22.9 Å². The molecule has 1 amide bonds. The van der Waals surface area contributed by atoms with Gasteiger partial charge in [-0.1, -0.05) is 81.9 Å². The summed E-state index contributed by atoms with van der Waals surface area (Å²) in [5.74, 6) is 0.765. The fraction of sp³-hybridized carbons (Fsp3) is 0.375. The number of carbonyl (C=O) groups is 1. The van der Waals surface area contributed by atoms with Crippen LogP contribution >= 0.6 is 11.8 Å². The fourth-order valence-corrected chi connectivity index (χ4v) is 3.73. The van der Waals surface area contributed by atoms with Crippen LogP contribution in [0.5, 0.6) is 0 Å². The average Bonchev–Trinajstić information content (AvgIpc) is 3.15. The van der Waals surface area contributed by atoms with Crippen LogP contribution in [0.4, 0.5) is 5.69 Å². The summed E-state index contributed by atoms with van der Waals surface area (Å²) in [4.78, 5) is 12.5. The van der Waals surface area contributed by atoms with Crippen LogP contribution in [0.25, 0.3) is 0 Å². The van der Waals surface area contributed by atoms with Gasteiger partial charge in [-0.2, -0.15) is 0 Å². The largest absolute Gasteiger partial charge is 0.416 e. The highest BCUT2D eigenvalue weighted by molar-refractivity contribution is 8.00. The molecular formula is C24H29N3O2S. The SMILES string of the molecule is CC(Sc1nnc(CC(C)c2ccccc2)o1)C(=O)Nc1ccc(C(C)(C)C)cc1. The Morgan fingerprint density at radius 3 is 2.33 bits per heavy atom. The number of benzene rings is 2. The van der Waals surface area contributed by atoms with Gasteiger partial charge in [0.1, 0.15) is 0 Å². The number of thioether (sulfide) groups is 1. The lowest BCUT2D eigenvalue weighted by Gasteiger charge is -2.19. The maximum absolute atomic E-state index is 12.5. The zero-order chi connectivity index (χ0) is 21.7. The van der Waals surface area contributed by atoms with Crippen LogP contribution in [-0.2, 0) is 16.6 Å². The van der Waals surface area contributed by atoms with E-state index in [9.17, 15) is 4.79 Å². The molecule has 2 atom stereocenters. The van der Waals surface area contributed by atoms with Gasteiger partial charge in [-0.3, -0.25) is 4.79 Å². The predicted molar refractivity (Wildman–Crippen MR) is 122 cm³/mol. The number of nitrogens with zero attached hydrogens (tertiary/aromatic N) is 2. The molecule has 0 aliphatic heterocycles. The smallest absolute Gasteiger partial charge is 0.277 e. The molecular weight excluding hydrogens is 394 g/mol. The van der Waals surface area contributed by atoms with Crippen molar-refractivity contribution in [1.29, 1.82) is 0 Å². The average molecular weight is 424 g/mol. The Kier molecular flexibility index (Phi) is 6.98. The molecule has 158 valence electrons. The highest BCUT2D eigenvalue weighted by Gasteiger charge is 2.20. The van der Waals surface area contributed by atoms with E-state index in [0.717, 1.165) is 5.69 Å². The van der Waals surface area contributed by atoms with Crippen molar-refractivity contribution in [2.75, 3.05) is 5.32 Å². The number of nitrogens with one attached hydrogen (secondary N) is 1. The second-order valence-electron chi connectivity index (χ2n) is 8.55. The molecule has 0 aliphatic rings. The minimum atomic E-state index is -0.355. The Morgan fingerprint density at radius 1 is 1.03 bits per heavy atom. The Labute approximate surface area is 182 Å². The fourth-order valence-electron chi connectivity index (χ4n) is 3.03. The Morgan fingerprint density at radius 2 is 1.70 bits per heavy atom. The number of carbonyl (C=O) groups excluding carboxylic acids is 1. The summed E-state index contributed by atoms with van der Waals surface area (Å²) >= 11 is 1.27. The number of hydrogen-bond donors (Lipinski definition) is 1. The second kappa shape index (κ2) is 9.47. The Bertz CT molecular complexity index is 962. The molecule has 0 saturated heterocycles. The van der Waals surface area contributed by atoms with Crippen LogP contribution in [0, 0.1) is 0 Å². The quantitative estimate of drug-likeness (QED) is 0.484. The van der Waals surface area contributed by atoms with Gasteiger partial charge in [-0.15, -0.1) is 10.2 Å². The van der Waals surface area contributed by atoms with Gasteiger partial charge in [-0.05, 0) is 41.5 Å². The van der Waals surface area contributed by atoms with Gasteiger partial charge in [0.2, 0.25) is 11.8 Å². The highest BCUT2D eigenvalue weighted by Crippen LogP contribution is 2.27. The first kappa shape index (κ1) is 22.1. The van der Waals surface area contributed by atoms with Gasteiger partial charge in [-0.25, -0.2) is 0 Å². The molecule has 2 aromatic carbocycles. The van der Waals surface area contributed by atoms with Crippen LogP contribution in [0.3, 0.4) is 0 Å². The molecule has 0 spiro atoms. The molecule has 3 rings (SSSR count). The first-order valence-corrected chi connectivity index (χ1v) is 11.1. The van der Waals surface area contributed by atoms with Gasteiger partial charge >= 0.3 is 0 Å². The number of rotatable bonds is 7. The van der Waals surface area contributed by atoms with E-state index in [2.05, 4.69) is 55.3 Å². The molecule has 0 bridgehead atoms. The molecule has 0 aliphatic carbocycles. The van der Waals surface area contributed by atoms with E-state index in [0.29, 0.717) is 17.5 Å². The maximum atomic E-state index is 12.5. The van der Waals surface area contributed by atoms with Crippen molar-refractivity contribution in [3.8, 4) is 0 Å². The number of amides is 1. The van der Waals surface area contributed by atoms with Crippen molar-refractivity contribution < 1.29 is 9.21 Å². The molecule has 1 N–H and O–H groups in total. The third kappa shape index (κ3) is 5.95. The van der Waals surface area contributed by atoms with Crippen LogP contribution in [0.15, 0.2) is 64.2 Å². The molecule has 1 heterocycles. The summed E-state index contributed by atoms with van der Waals surface area (Å²) in [5, 5.41) is 11.2. The van der Waals surface area contributed by atoms with Crippen molar-refractivity contribution in [2.45, 2.75) is 62.8 Å². The lowest BCUT2D eigenvalue weighted by molar-refractivity contribution is -0.115. The van der Waals surface area contributed by atoms with Gasteiger partial charge in [0.05, 0.1) is 5.25 Å². The van der Waals surface area contributed by atoms with E-state index in [1.807, 2.05) is 49.4 Å².